The van der Waals surface area contributed by atoms with Crippen LogP contribution >= 0.6 is 0 Å². The van der Waals surface area contributed by atoms with Crippen molar-refractivity contribution in [1.82, 2.24) is 0 Å². The van der Waals surface area contributed by atoms with Gasteiger partial charge in [-0.05, 0) is 80.0 Å². The molecule has 0 radical (unpaired) electrons. The molecule has 5 heteroatoms. The molecule has 0 N–H and O–H groups in total. The molecule has 0 aliphatic heterocycles. The molecule has 3 rings (SSSR count). The van der Waals surface area contributed by atoms with Crippen LogP contribution in [0.15, 0.2) is 24.3 Å². The maximum absolute atomic E-state index is 12.6. The molecule has 0 atom stereocenters. The lowest BCUT2D eigenvalue weighted by atomic mass is 9.68. The van der Waals surface area contributed by atoms with Gasteiger partial charge in [-0.1, -0.05) is 45.4 Å². The summed E-state index contributed by atoms with van der Waals surface area (Å²) in [6.45, 7) is 2.28. The average Bonchev–Trinajstić information content (AvgIpc) is 2.73. The lowest BCUT2D eigenvalue weighted by molar-refractivity contribution is -0.137. The Morgan fingerprint density at radius 1 is 0.867 bits per heavy atom. The minimum atomic E-state index is -4.38. The van der Waals surface area contributed by atoms with Gasteiger partial charge in [-0.2, -0.15) is 13.2 Å². The normalized spacial score (nSPS) is 27.6. The molecule has 2 aliphatic rings. The van der Waals surface area contributed by atoms with Crippen molar-refractivity contribution in [2.45, 2.75) is 90.1 Å². The van der Waals surface area contributed by atoms with E-state index in [4.69, 9.17) is 4.74 Å². The van der Waals surface area contributed by atoms with E-state index >= 15 is 0 Å². The lowest BCUT2D eigenvalue weighted by Gasteiger charge is -2.38. The van der Waals surface area contributed by atoms with E-state index in [-0.39, 0.29) is 11.7 Å². The predicted octanol–water partition coefficient (Wildman–Crippen LogP) is 7.80. The number of alkyl halides is 3. The van der Waals surface area contributed by atoms with Gasteiger partial charge in [-0.3, -0.25) is 4.79 Å². The van der Waals surface area contributed by atoms with Crippen molar-refractivity contribution in [3.05, 3.63) is 29.8 Å². The second kappa shape index (κ2) is 10.7. The van der Waals surface area contributed by atoms with Crippen molar-refractivity contribution in [1.29, 1.82) is 0 Å². The van der Waals surface area contributed by atoms with E-state index < -0.39 is 11.7 Å². The third-order valence-corrected chi connectivity index (χ3v) is 7.32. The molecular weight excluding hydrogens is 389 g/mol. The fraction of sp³-hybridized carbons (Fsp3) is 0.720. The minimum Gasteiger partial charge on any atom is -0.427 e. The van der Waals surface area contributed by atoms with E-state index in [9.17, 15) is 18.0 Å². The molecule has 0 aromatic heterocycles. The van der Waals surface area contributed by atoms with E-state index in [1.165, 1.54) is 76.3 Å². The molecule has 0 unspecified atom stereocenters. The topological polar surface area (TPSA) is 26.3 Å². The Kier molecular flexibility index (Phi) is 8.24. The molecule has 1 aromatic rings. The van der Waals surface area contributed by atoms with Crippen molar-refractivity contribution in [2.75, 3.05) is 0 Å². The maximum Gasteiger partial charge on any atom is 0.416 e. The Morgan fingerprint density at radius 2 is 1.37 bits per heavy atom. The van der Waals surface area contributed by atoms with Crippen LogP contribution in [0.1, 0.15) is 89.5 Å². The van der Waals surface area contributed by atoms with Gasteiger partial charge in [-0.15, -0.1) is 0 Å². The highest BCUT2D eigenvalue weighted by molar-refractivity contribution is 5.72. The minimum absolute atomic E-state index is 0.176. The molecule has 2 nitrogen and oxygen atoms in total. The monoisotopic (exact) mass is 424 g/mol. The molecule has 2 fully saturated rings. The highest BCUT2D eigenvalue weighted by atomic mass is 19.4. The first-order valence-corrected chi connectivity index (χ1v) is 11.7. The number of hydrogen-bond donors (Lipinski definition) is 0. The highest BCUT2D eigenvalue weighted by Gasteiger charge is 2.31. The largest absolute Gasteiger partial charge is 0.427 e. The predicted molar refractivity (Wildman–Crippen MR) is 112 cm³/mol. The Bertz CT molecular complexity index is 652. The van der Waals surface area contributed by atoms with Crippen molar-refractivity contribution in [3.8, 4) is 5.75 Å². The number of carbonyl (C=O) groups is 1. The zero-order valence-corrected chi connectivity index (χ0v) is 18.1. The Morgan fingerprint density at radius 3 is 1.83 bits per heavy atom. The zero-order valence-electron chi connectivity index (χ0n) is 18.1. The van der Waals surface area contributed by atoms with Gasteiger partial charge in [0.2, 0.25) is 0 Å². The molecule has 0 spiro atoms. The first kappa shape index (κ1) is 23.1. The fourth-order valence-electron chi connectivity index (χ4n) is 5.52. The molecule has 30 heavy (non-hydrogen) atoms. The summed E-state index contributed by atoms with van der Waals surface area (Å²) in [7, 11) is 0. The molecule has 168 valence electrons. The summed E-state index contributed by atoms with van der Waals surface area (Å²) in [5.41, 5.74) is -0.738. The van der Waals surface area contributed by atoms with Crippen LogP contribution in [0, 0.1) is 23.7 Å². The SMILES string of the molecule is CCCC1CCC(C2CCC(CCC(=O)Oc3ccc(C(F)(F)F)cc3)CC2)CC1. The summed E-state index contributed by atoms with van der Waals surface area (Å²) in [5.74, 6) is 3.12. The Labute approximate surface area is 178 Å². The first-order valence-electron chi connectivity index (χ1n) is 11.7. The van der Waals surface area contributed by atoms with Gasteiger partial charge in [0.1, 0.15) is 5.75 Å². The molecule has 0 amide bonds. The average molecular weight is 425 g/mol. The van der Waals surface area contributed by atoms with Crippen LogP contribution < -0.4 is 4.74 Å². The number of rotatable bonds is 7. The van der Waals surface area contributed by atoms with Crippen LogP contribution in [0.25, 0.3) is 0 Å². The third-order valence-electron chi connectivity index (χ3n) is 7.32. The fourth-order valence-corrected chi connectivity index (χ4v) is 5.52. The molecule has 0 heterocycles. The van der Waals surface area contributed by atoms with Gasteiger partial charge >= 0.3 is 12.1 Å². The van der Waals surface area contributed by atoms with Crippen LogP contribution in [0.3, 0.4) is 0 Å². The summed E-state index contributed by atoms with van der Waals surface area (Å²) < 4.78 is 43.0. The van der Waals surface area contributed by atoms with Crippen molar-refractivity contribution >= 4 is 5.97 Å². The van der Waals surface area contributed by atoms with Gasteiger partial charge < -0.3 is 4.74 Å². The molecule has 0 bridgehead atoms. The first-order chi connectivity index (χ1) is 14.3. The van der Waals surface area contributed by atoms with E-state index in [0.717, 1.165) is 36.3 Å². The number of benzene rings is 1. The van der Waals surface area contributed by atoms with Crippen LogP contribution in [-0.2, 0) is 11.0 Å². The quantitative estimate of drug-likeness (QED) is 0.330. The lowest BCUT2D eigenvalue weighted by Crippen LogP contribution is -2.26. The van der Waals surface area contributed by atoms with Gasteiger partial charge in [0, 0.05) is 6.42 Å². The smallest absolute Gasteiger partial charge is 0.416 e. The van der Waals surface area contributed by atoms with Gasteiger partial charge in [0.15, 0.2) is 0 Å². The van der Waals surface area contributed by atoms with E-state index in [2.05, 4.69) is 6.92 Å². The van der Waals surface area contributed by atoms with E-state index in [0.29, 0.717) is 12.3 Å². The maximum atomic E-state index is 12.6. The Balaban J connectivity index is 1.34. The number of halogens is 3. The van der Waals surface area contributed by atoms with Crippen LogP contribution in [0.4, 0.5) is 13.2 Å². The highest BCUT2D eigenvalue weighted by Crippen LogP contribution is 2.43. The van der Waals surface area contributed by atoms with Gasteiger partial charge in [0.05, 0.1) is 5.56 Å². The van der Waals surface area contributed by atoms with Gasteiger partial charge in [-0.25, -0.2) is 0 Å². The Hall–Kier alpha value is -1.52. The second-order valence-corrected chi connectivity index (χ2v) is 9.39. The molecule has 2 saturated carbocycles. The van der Waals surface area contributed by atoms with E-state index in [1.807, 2.05) is 0 Å². The molecule has 0 saturated heterocycles. The number of ether oxygens (including phenoxy) is 1. The van der Waals surface area contributed by atoms with Crippen molar-refractivity contribution in [2.24, 2.45) is 23.7 Å². The summed E-state index contributed by atoms with van der Waals surface area (Å²) in [6.07, 6.45) is 10.0. The summed E-state index contributed by atoms with van der Waals surface area (Å²) in [6, 6.07) is 4.31. The molecular formula is C25H35F3O2. The molecule has 1 aromatic carbocycles. The van der Waals surface area contributed by atoms with Crippen LogP contribution in [0.2, 0.25) is 0 Å². The van der Waals surface area contributed by atoms with Crippen LogP contribution in [-0.4, -0.2) is 5.97 Å². The number of hydrogen-bond acceptors (Lipinski definition) is 2. The van der Waals surface area contributed by atoms with Crippen LogP contribution in [0.5, 0.6) is 5.75 Å². The van der Waals surface area contributed by atoms with E-state index in [1.54, 1.807) is 0 Å². The van der Waals surface area contributed by atoms with Crippen molar-refractivity contribution < 1.29 is 22.7 Å². The summed E-state index contributed by atoms with van der Waals surface area (Å²) in [4.78, 5) is 12.1. The summed E-state index contributed by atoms with van der Waals surface area (Å²) >= 11 is 0. The number of esters is 1. The molecule has 2 aliphatic carbocycles. The van der Waals surface area contributed by atoms with Gasteiger partial charge in [0.25, 0.3) is 0 Å². The summed E-state index contributed by atoms with van der Waals surface area (Å²) in [5, 5.41) is 0. The number of carbonyl (C=O) groups excluding carboxylic acids is 1. The zero-order chi connectivity index (χ0) is 21.6. The third kappa shape index (κ3) is 6.75. The standard InChI is InChI=1S/C25H35F3O2/c1-2-3-18-4-9-20(10-5-18)21-11-6-19(7-12-21)8-17-24(29)30-23-15-13-22(14-16-23)25(26,27)28/h13-16,18-21H,2-12,17H2,1H3. The second-order valence-electron chi connectivity index (χ2n) is 9.39. The van der Waals surface area contributed by atoms with Crippen molar-refractivity contribution in [3.63, 3.8) is 0 Å².